The Bertz CT molecular complexity index is 1380. The third-order valence-corrected chi connectivity index (χ3v) is 7.08. The number of sulfonamides is 1. The number of nitrogens with two attached hydrogens (primary N) is 1. The van der Waals surface area contributed by atoms with E-state index in [0.717, 1.165) is 6.42 Å². The molecule has 11 nitrogen and oxygen atoms in total. The lowest BCUT2D eigenvalue weighted by Crippen LogP contribution is -2.41. The Balaban J connectivity index is 1.74. The molecule has 0 aromatic carbocycles. The Morgan fingerprint density at radius 1 is 1.22 bits per heavy atom. The van der Waals surface area contributed by atoms with Gasteiger partial charge in [0.2, 0.25) is 0 Å². The predicted molar refractivity (Wildman–Crippen MR) is 136 cm³/mol. The maximum atomic E-state index is 13.3. The summed E-state index contributed by atoms with van der Waals surface area (Å²) in [4.78, 5) is 23.9. The molecule has 0 bridgehead atoms. The van der Waals surface area contributed by atoms with Crippen LogP contribution < -0.4 is 20.1 Å². The average Bonchev–Trinajstić information content (AvgIpc) is 3.35. The summed E-state index contributed by atoms with van der Waals surface area (Å²) in [6, 6.07) is 7.36. The fourth-order valence-corrected chi connectivity index (χ4v) is 5.42. The molecule has 1 aliphatic rings. The van der Waals surface area contributed by atoms with Gasteiger partial charge in [0, 0.05) is 12.1 Å². The summed E-state index contributed by atoms with van der Waals surface area (Å²) in [7, 11) is -4.25. The molecule has 0 aliphatic carbocycles. The molecule has 4 heterocycles. The van der Waals surface area contributed by atoms with Crippen molar-refractivity contribution in [1.29, 1.82) is 0 Å². The van der Waals surface area contributed by atoms with Crippen molar-refractivity contribution < 1.29 is 17.9 Å². The summed E-state index contributed by atoms with van der Waals surface area (Å²) < 4.78 is 35.1. The van der Waals surface area contributed by atoms with E-state index in [4.69, 9.17) is 15.5 Å². The molecule has 0 unspecified atom stereocenters. The van der Waals surface area contributed by atoms with E-state index in [-0.39, 0.29) is 28.1 Å². The third kappa shape index (κ3) is 5.27. The van der Waals surface area contributed by atoms with E-state index < -0.39 is 15.9 Å². The van der Waals surface area contributed by atoms with Gasteiger partial charge in [0.15, 0.2) is 16.6 Å². The zero-order valence-electron chi connectivity index (χ0n) is 21.0. The number of nitrogens with zero attached hydrogens (tertiary/aromatic N) is 5. The van der Waals surface area contributed by atoms with Gasteiger partial charge in [-0.05, 0) is 64.3 Å². The van der Waals surface area contributed by atoms with Crippen LogP contribution in [0.2, 0.25) is 0 Å². The van der Waals surface area contributed by atoms with Gasteiger partial charge in [-0.2, -0.15) is 13.5 Å². The molecule has 3 N–H and O–H groups in total. The van der Waals surface area contributed by atoms with Crippen molar-refractivity contribution in [3.63, 3.8) is 0 Å². The number of rotatable bonds is 7. The van der Waals surface area contributed by atoms with Gasteiger partial charge < -0.3 is 15.4 Å². The maximum Gasteiger partial charge on any atom is 0.281 e. The van der Waals surface area contributed by atoms with Crippen molar-refractivity contribution in [3.05, 3.63) is 48.3 Å². The minimum absolute atomic E-state index is 0.0134. The quantitative estimate of drug-likeness (QED) is 0.487. The summed E-state index contributed by atoms with van der Waals surface area (Å²) in [5, 5.41) is 3.99. The van der Waals surface area contributed by atoms with Crippen molar-refractivity contribution in [2.45, 2.75) is 57.7 Å². The second-order valence-corrected chi connectivity index (χ2v) is 11.5. The Kier molecular flexibility index (Phi) is 6.65. The predicted octanol–water partition coefficient (Wildman–Crippen LogP) is 2.78. The van der Waals surface area contributed by atoms with Gasteiger partial charge >= 0.3 is 0 Å². The molecule has 1 aliphatic heterocycles. The molecule has 192 valence electrons. The van der Waals surface area contributed by atoms with E-state index in [9.17, 15) is 13.2 Å². The Labute approximate surface area is 210 Å². The van der Waals surface area contributed by atoms with Crippen LogP contribution in [0.1, 0.15) is 51.4 Å². The summed E-state index contributed by atoms with van der Waals surface area (Å²) in [5.41, 5.74) is 5.45. The number of carbonyl (C=O) groups is 1. The lowest BCUT2D eigenvalue weighted by atomic mass is 9.97. The van der Waals surface area contributed by atoms with Crippen LogP contribution >= 0.6 is 0 Å². The van der Waals surface area contributed by atoms with E-state index in [1.54, 1.807) is 29.2 Å². The molecule has 1 amide bonds. The number of nitrogens with one attached hydrogen (secondary N) is 1. The minimum Gasteiger partial charge on any atom is -0.488 e. The van der Waals surface area contributed by atoms with Crippen LogP contribution in [0.25, 0.3) is 5.82 Å². The van der Waals surface area contributed by atoms with Gasteiger partial charge in [-0.1, -0.05) is 13.0 Å². The van der Waals surface area contributed by atoms with Crippen molar-refractivity contribution in [3.8, 4) is 11.6 Å². The molecule has 1 fully saturated rings. The maximum absolute atomic E-state index is 13.3. The van der Waals surface area contributed by atoms with Gasteiger partial charge in [-0.15, -0.1) is 0 Å². The van der Waals surface area contributed by atoms with Gasteiger partial charge in [0.1, 0.15) is 11.6 Å². The van der Waals surface area contributed by atoms with Crippen LogP contribution in [0.4, 0.5) is 11.6 Å². The standard InChI is InChI=1S/C24H31N7O4S/c1-15(2)35-17-12-26-31(14-17)20-10-9-18(22(28-20)30-13-16(3)11-24(30,4)5)23(32)29-36(33,34)21-8-6-7-19(25)27-21/h6-10,12,14-16H,11,13H2,1-5H3,(H2,25,27)(H,29,32)/t16-/m0/s1. The summed E-state index contributed by atoms with van der Waals surface area (Å²) in [6.45, 7) is 10.8. The summed E-state index contributed by atoms with van der Waals surface area (Å²) in [5.74, 6) is 1.01. The highest BCUT2D eigenvalue weighted by Gasteiger charge is 2.39. The van der Waals surface area contributed by atoms with Gasteiger partial charge in [-0.25, -0.2) is 19.4 Å². The molecule has 3 aromatic heterocycles. The SMILES string of the molecule is CC(C)Oc1cnn(-c2ccc(C(=O)NS(=O)(=O)c3cccc(N)n3)c(N3C[C@@H](C)CC3(C)C)n2)c1. The topological polar surface area (TPSA) is 145 Å². The van der Waals surface area contributed by atoms with E-state index in [1.807, 2.05) is 18.7 Å². The number of anilines is 2. The Morgan fingerprint density at radius 3 is 2.61 bits per heavy atom. The van der Waals surface area contributed by atoms with Crippen LogP contribution in [-0.4, -0.2) is 52.3 Å². The molecule has 12 heteroatoms. The number of nitrogen functional groups attached to an aromatic ring is 1. The second kappa shape index (κ2) is 9.41. The third-order valence-electron chi connectivity index (χ3n) is 5.85. The molecular formula is C24H31N7O4S. The molecule has 1 saturated heterocycles. The first-order valence-corrected chi connectivity index (χ1v) is 13.1. The van der Waals surface area contributed by atoms with Crippen molar-refractivity contribution in [2.75, 3.05) is 17.2 Å². The van der Waals surface area contributed by atoms with Gasteiger partial charge in [0.25, 0.3) is 15.9 Å². The fourth-order valence-electron chi connectivity index (χ4n) is 4.48. The first-order valence-electron chi connectivity index (χ1n) is 11.7. The average molecular weight is 514 g/mol. The largest absolute Gasteiger partial charge is 0.488 e. The Morgan fingerprint density at radius 2 is 1.97 bits per heavy atom. The van der Waals surface area contributed by atoms with Crippen molar-refractivity contribution >= 4 is 27.6 Å². The molecule has 36 heavy (non-hydrogen) atoms. The number of amides is 1. The Hall–Kier alpha value is -3.67. The normalized spacial score (nSPS) is 17.4. The zero-order chi connectivity index (χ0) is 26.3. The summed E-state index contributed by atoms with van der Waals surface area (Å²) in [6.07, 6.45) is 4.18. The molecule has 0 radical (unpaired) electrons. The van der Waals surface area contributed by atoms with Crippen LogP contribution in [0.5, 0.6) is 5.75 Å². The van der Waals surface area contributed by atoms with Crippen LogP contribution in [-0.2, 0) is 10.0 Å². The first-order chi connectivity index (χ1) is 16.9. The lowest BCUT2D eigenvalue weighted by molar-refractivity contribution is 0.0981. The van der Waals surface area contributed by atoms with Gasteiger partial charge in [0.05, 0.1) is 24.1 Å². The van der Waals surface area contributed by atoms with Gasteiger partial charge in [-0.3, -0.25) is 4.79 Å². The molecule has 0 spiro atoms. The highest BCUT2D eigenvalue weighted by molar-refractivity contribution is 7.90. The number of ether oxygens (including phenoxy) is 1. The molecular weight excluding hydrogens is 482 g/mol. The van der Waals surface area contributed by atoms with Crippen molar-refractivity contribution in [1.82, 2.24) is 24.5 Å². The minimum atomic E-state index is -4.25. The number of hydrogen-bond donors (Lipinski definition) is 2. The highest BCUT2D eigenvalue weighted by atomic mass is 32.2. The monoisotopic (exact) mass is 513 g/mol. The van der Waals surface area contributed by atoms with Crippen LogP contribution in [0, 0.1) is 5.92 Å². The van der Waals surface area contributed by atoms with Crippen LogP contribution in [0.3, 0.4) is 0 Å². The highest BCUT2D eigenvalue weighted by Crippen LogP contribution is 2.37. The van der Waals surface area contributed by atoms with E-state index >= 15 is 0 Å². The van der Waals surface area contributed by atoms with E-state index in [0.29, 0.717) is 29.8 Å². The molecule has 1 atom stereocenters. The summed E-state index contributed by atoms with van der Waals surface area (Å²) >= 11 is 0. The number of pyridine rings is 2. The fraction of sp³-hybridized carbons (Fsp3) is 0.417. The lowest BCUT2D eigenvalue weighted by Gasteiger charge is -2.34. The molecule has 0 saturated carbocycles. The van der Waals surface area contributed by atoms with E-state index in [1.165, 1.54) is 18.2 Å². The first kappa shape index (κ1) is 25.4. The number of hydrogen-bond acceptors (Lipinski definition) is 9. The number of aromatic nitrogens is 4. The number of carbonyl (C=O) groups excluding carboxylic acids is 1. The van der Waals surface area contributed by atoms with E-state index in [2.05, 4.69) is 35.6 Å². The molecule has 3 aromatic rings. The second-order valence-electron chi connectivity index (χ2n) is 9.90. The smallest absolute Gasteiger partial charge is 0.281 e. The molecule has 4 rings (SSSR count). The van der Waals surface area contributed by atoms with Crippen molar-refractivity contribution in [2.24, 2.45) is 5.92 Å². The van der Waals surface area contributed by atoms with Crippen LogP contribution in [0.15, 0.2) is 47.8 Å². The zero-order valence-corrected chi connectivity index (χ0v) is 21.8.